The predicted molar refractivity (Wildman–Crippen MR) is 99.7 cm³/mol. The van der Waals surface area contributed by atoms with E-state index in [1.807, 2.05) is 18.2 Å². The first-order chi connectivity index (χ1) is 13.1. The number of carbonyl (C=O) groups is 2. The highest BCUT2D eigenvalue weighted by Gasteiger charge is 2.44. The molecule has 7 heteroatoms. The van der Waals surface area contributed by atoms with Gasteiger partial charge in [0, 0.05) is 26.6 Å². The lowest BCUT2D eigenvalue weighted by atomic mass is 9.92. The molecule has 1 aromatic carbocycles. The molecule has 1 saturated heterocycles. The van der Waals surface area contributed by atoms with E-state index in [9.17, 15) is 9.59 Å². The molecule has 7 nitrogen and oxygen atoms in total. The van der Waals surface area contributed by atoms with E-state index in [2.05, 4.69) is 5.32 Å². The van der Waals surface area contributed by atoms with Crippen molar-refractivity contribution in [2.75, 3.05) is 41.0 Å². The summed E-state index contributed by atoms with van der Waals surface area (Å²) in [7, 11) is 4.76. The van der Waals surface area contributed by atoms with Crippen LogP contribution in [-0.2, 0) is 14.3 Å². The first-order valence-electron chi connectivity index (χ1n) is 9.37. The van der Waals surface area contributed by atoms with Gasteiger partial charge in [0.1, 0.15) is 0 Å². The van der Waals surface area contributed by atoms with E-state index >= 15 is 0 Å². The van der Waals surface area contributed by atoms with Gasteiger partial charge < -0.3 is 24.4 Å². The Labute approximate surface area is 160 Å². The summed E-state index contributed by atoms with van der Waals surface area (Å²) >= 11 is 0. The van der Waals surface area contributed by atoms with Gasteiger partial charge in [-0.3, -0.25) is 9.59 Å². The van der Waals surface area contributed by atoms with Gasteiger partial charge in [-0.1, -0.05) is 6.07 Å². The zero-order valence-electron chi connectivity index (χ0n) is 16.2. The van der Waals surface area contributed by atoms with Crippen molar-refractivity contribution < 1.29 is 23.8 Å². The summed E-state index contributed by atoms with van der Waals surface area (Å²) in [4.78, 5) is 27.2. The lowest BCUT2D eigenvalue weighted by Gasteiger charge is -2.28. The molecule has 148 valence electrons. The molecular formula is C20H28N2O5. The number of carbonyl (C=O) groups excluding carboxylic acids is 2. The summed E-state index contributed by atoms with van der Waals surface area (Å²) in [6.45, 7) is 1.56. The topological polar surface area (TPSA) is 77.1 Å². The molecule has 2 fully saturated rings. The van der Waals surface area contributed by atoms with Gasteiger partial charge in [-0.05, 0) is 36.5 Å². The summed E-state index contributed by atoms with van der Waals surface area (Å²) in [6.07, 6.45) is 2.55. The summed E-state index contributed by atoms with van der Waals surface area (Å²) in [5, 5.41) is 3.03. The molecule has 2 aliphatic rings. The molecule has 2 atom stereocenters. The van der Waals surface area contributed by atoms with Crippen molar-refractivity contribution in [3.05, 3.63) is 23.8 Å². The molecule has 1 saturated carbocycles. The smallest absolute Gasteiger partial charge is 0.226 e. The van der Waals surface area contributed by atoms with Crippen molar-refractivity contribution >= 4 is 11.8 Å². The number of hydrogen-bond donors (Lipinski definition) is 1. The molecule has 3 rings (SSSR count). The largest absolute Gasteiger partial charge is 0.493 e. The second kappa shape index (κ2) is 8.61. The number of nitrogens with zero attached hydrogens (tertiary/aromatic N) is 1. The van der Waals surface area contributed by atoms with E-state index in [1.165, 1.54) is 12.8 Å². The lowest BCUT2D eigenvalue weighted by molar-refractivity contribution is -0.129. The Kier molecular flexibility index (Phi) is 6.21. The second-order valence-corrected chi connectivity index (χ2v) is 7.14. The van der Waals surface area contributed by atoms with Gasteiger partial charge in [0.25, 0.3) is 0 Å². The normalized spacial score (nSPS) is 22.0. The van der Waals surface area contributed by atoms with Crippen LogP contribution in [0.2, 0.25) is 0 Å². The second-order valence-electron chi connectivity index (χ2n) is 7.14. The molecule has 0 radical (unpaired) electrons. The van der Waals surface area contributed by atoms with Crippen LogP contribution in [-0.4, -0.2) is 57.7 Å². The number of hydrogen-bond acceptors (Lipinski definition) is 5. The Bertz CT molecular complexity index is 689. The highest BCUT2D eigenvalue weighted by atomic mass is 16.5. The number of amides is 2. The minimum atomic E-state index is -0.425. The third-order valence-electron chi connectivity index (χ3n) is 5.32. The maximum Gasteiger partial charge on any atom is 0.226 e. The Balaban J connectivity index is 1.87. The van der Waals surface area contributed by atoms with Crippen molar-refractivity contribution in [2.45, 2.75) is 25.3 Å². The number of likely N-dealkylation sites (tertiary alicyclic amines) is 1. The molecule has 27 heavy (non-hydrogen) atoms. The maximum absolute atomic E-state index is 12.8. The number of methoxy groups -OCH3 is 3. The quantitative estimate of drug-likeness (QED) is 0.711. The number of nitrogens with one attached hydrogen (secondary N) is 1. The fraction of sp³-hybridized carbons (Fsp3) is 0.600. The fourth-order valence-corrected chi connectivity index (χ4v) is 3.63. The third-order valence-corrected chi connectivity index (χ3v) is 5.32. The molecule has 1 heterocycles. The molecule has 1 aliphatic heterocycles. The molecule has 0 aromatic heterocycles. The summed E-state index contributed by atoms with van der Waals surface area (Å²) in [6, 6.07) is 5.21. The van der Waals surface area contributed by atoms with Crippen molar-refractivity contribution in [1.29, 1.82) is 0 Å². The van der Waals surface area contributed by atoms with E-state index in [4.69, 9.17) is 14.2 Å². The van der Waals surface area contributed by atoms with E-state index in [0.29, 0.717) is 37.1 Å². The molecule has 1 aromatic rings. The highest BCUT2D eigenvalue weighted by Crippen LogP contribution is 2.41. The van der Waals surface area contributed by atoms with Crippen LogP contribution in [0.15, 0.2) is 18.2 Å². The molecule has 2 amide bonds. The zero-order valence-corrected chi connectivity index (χ0v) is 16.2. The summed E-state index contributed by atoms with van der Waals surface area (Å²) < 4.78 is 15.9. The van der Waals surface area contributed by atoms with Gasteiger partial charge in [-0.25, -0.2) is 0 Å². The van der Waals surface area contributed by atoms with E-state index in [0.717, 1.165) is 5.56 Å². The molecule has 1 aliphatic carbocycles. The average Bonchev–Trinajstić information content (AvgIpc) is 3.46. The predicted octanol–water partition coefficient (Wildman–Crippen LogP) is 1.77. The van der Waals surface area contributed by atoms with Gasteiger partial charge in [-0.15, -0.1) is 0 Å². The van der Waals surface area contributed by atoms with Crippen molar-refractivity contribution in [2.24, 2.45) is 11.8 Å². The van der Waals surface area contributed by atoms with E-state index < -0.39 is 5.92 Å². The average molecular weight is 376 g/mol. The Morgan fingerprint density at radius 2 is 1.93 bits per heavy atom. The Morgan fingerprint density at radius 1 is 1.19 bits per heavy atom. The van der Waals surface area contributed by atoms with E-state index in [-0.39, 0.29) is 24.3 Å². The zero-order chi connectivity index (χ0) is 19.4. The number of benzene rings is 1. The first-order valence-corrected chi connectivity index (χ1v) is 9.37. The van der Waals surface area contributed by atoms with Crippen LogP contribution in [0.25, 0.3) is 0 Å². The van der Waals surface area contributed by atoms with Crippen molar-refractivity contribution in [3.8, 4) is 11.5 Å². The standard InChI is InChI=1S/C20H28N2O5/c1-25-9-8-22-18(23)11-15(20(24)21-12-13-4-5-13)19(22)14-6-7-16(26-2)17(10-14)27-3/h6-7,10,13,15,19H,4-5,8-9,11-12H2,1-3H3,(H,21,24)/t15-,19+/m1/s1. The van der Waals surface area contributed by atoms with Crippen LogP contribution >= 0.6 is 0 Å². The van der Waals surface area contributed by atoms with Crippen LogP contribution in [0.5, 0.6) is 11.5 Å². The molecular weight excluding hydrogens is 348 g/mol. The van der Waals surface area contributed by atoms with Crippen LogP contribution < -0.4 is 14.8 Å². The number of rotatable bonds is 9. The van der Waals surface area contributed by atoms with Gasteiger partial charge in [0.2, 0.25) is 11.8 Å². The molecule has 0 unspecified atom stereocenters. The summed E-state index contributed by atoms with van der Waals surface area (Å²) in [5.74, 6) is 1.27. The lowest BCUT2D eigenvalue weighted by Crippen LogP contribution is -2.37. The van der Waals surface area contributed by atoms with Crippen molar-refractivity contribution in [1.82, 2.24) is 10.2 Å². The Morgan fingerprint density at radius 3 is 2.56 bits per heavy atom. The van der Waals surface area contributed by atoms with Gasteiger partial charge in [0.15, 0.2) is 11.5 Å². The molecule has 1 N–H and O–H groups in total. The minimum Gasteiger partial charge on any atom is -0.493 e. The van der Waals surface area contributed by atoms with Gasteiger partial charge in [-0.2, -0.15) is 0 Å². The highest BCUT2D eigenvalue weighted by molar-refractivity contribution is 5.90. The monoisotopic (exact) mass is 376 g/mol. The van der Waals surface area contributed by atoms with Crippen LogP contribution in [0.3, 0.4) is 0 Å². The van der Waals surface area contributed by atoms with E-state index in [1.54, 1.807) is 26.2 Å². The summed E-state index contributed by atoms with van der Waals surface area (Å²) in [5.41, 5.74) is 0.862. The number of ether oxygens (including phenoxy) is 3. The van der Waals surface area contributed by atoms with Gasteiger partial charge >= 0.3 is 0 Å². The van der Waals surface area contributed by atoms with Gasteiger partial charge in [0.05, 0.1) is 32.8 Å². The van der Waals surface area contributed by atoms with Crippen molar-refractivity contribution in [3.63, 3.8) is 0 Å². The van der Waals surface area contributed by atoms with Crippen LogP contribution in [0.4, 0.5) is 0 Å². The van der Waals surface area contributed by atoms with Crippen LogP contribution in [0, 0.1) is 11.8 Å². The Hall–Kier alpha value is -2.28. The maximum atomic E-state index is 12.8. The minimum absolute atomic E-state index is 0.0293. The first kappa shape index (κ1) is 19.5. The SMILES string of the molecule is COCCN1C(=O)C[C@@H](C(=O)NCC2CC2)[C@@H]1c1ccc(OC)c(OC)c1. The van der Waals surface area contributed by atoms with Crippen LogP contribution in [0.1, 0.15) is 30.9 Å². The fourth-order valence-electron chi connectivity index (χ4n) is 3.63. The molecule has 0 bridgehead atoms. The molecule has 0 spiro atoms. The third kappa shape index (κ3) is 4.35.